The quantitative estimate of drug-likeness (QED) is 0.488. The van der Waals surface area contributed by atoms with Crippen LogP contribution in [-0.2, 0) is 6.61 Å². The zero-order chi connectivity index (χ0) is 20.7. The molecule has 0 aromatic carbocycles. The van der Waals surface area contributed by atoms with E-state index in [1.807, 2.05) is 24.9 Å². The normalized spacial score (nSPS) is 12.4. The second-order valence-electron chi connectivity index (χ2n) is 6.71. The molecule has 0 spiro atoms. The number of anilines is 1. The maximum absolute atomic E-state index is 13.3. The predicted molar refractivity (Wildman–Crippen MR) is 112 cm³/mol. The number of fused-ring (bicyclic) bond motifs is 2. The smallest absolute Gasteiger partial charge is 0.282 e. The number of nitrogens with zero attached hydrogens (tertiary/aromatic N) is 6. The van der Waals surface area contributed by atoms with Gasteiger partial charge in [0, 0.05) is 30.7 Å². The molecule has 4 rings (SSSR count). The third kappa shape index (κ3) is 2.83. The number of aliphatic hydroxyl groups excluding tert-OH is 1. The molecule has 0 bridgehead atoms. The molecule has 9 nitrogen and oxygen atoms in total. The Labute approximate surface area is 166 Å². The van der Waals surface area contributed by atoms with Gasteiger partial charge in [0.25, 0.3) is 5.56 Å². The van der Waals surface area contributed by atoms with Crippen LogP contribution in [-0.4, -0.2) is 41.3 Å². The predicted octanol–water partition coefficient (Wildman–Crippen LogP) is 2.11. The molecular weight excluding hydrogens is 370 g/mol. The summed E-state index contributed by atoms with van der Waals surface area (Å²) in [4.78, 5) is 26.9. The topological polar surface area (TPSA) is 104 Å². The van der Waals surface area contributed by atoms with Crippen LogP contribution in [0.15, 0.2) is 54.9 Å². The van der Waals surface area contributed by atoms with Gasteiger partial charge in [0.1, 0.15) is 23.3 Å². The van der Waals surface area contributed by atoms with Crippen molar-refractivity contribution in [2.75, 3.05) is 11.9 Å². The molecule has 29 heavy (non-hydrogen) atoms. The first kappa shape index (κ1) is 18.6. The third-order valence-electron chi connectivity index (χ3n) is 5.11. The summed E-state index contributed by atoms with van der Waals surface area (Å²) in [6, 6.07) is 3.24. The van der Waals surface area contributed by atoms with E-state index in [-0.39, 0.29) is 18.2 Å². The molecule has 0 aliphatic heterocycles. The fourth-order valence-electron chi connectivity index (χ4n) is 3.41. The summed E-state index contributed by atoms with van der Waals surface area (Å²) in [5.41, 5.74) is 1.63. The molecule has 1 unspecified atom stereocenters. The van der Waals surface area contributed by atoms with Gasteiger partial charge in [-0.05, 0) is 25.1 Å². The number of allylic oxidation sites excluding steroid dienone is 2. The molecule has 4 aromatic rings. The van der Waals surface area contributed by atoms with Crippen LogP contribution in [0.3, 0.4) is 0 Å². The molecule has 4 heterocycles. The number of aliphatic hydroxyl groups is 1. The van der Waals surface area contributed by atoms with Gasteiger partial charge in [0.2, 0.25) is 0 Å². The number of aromatic amines is 1. The first-order valence-corrected chi connectivity index (χ1v) is 9.04. The molecule has 1 atom stereocenters. The Morgan fingerprint density at radius 1 is 1.41 bits per heavy atom. The van der Waals surface area contributed by atoms with Crippen molar-refractivity contribution in [1.29, 1.82) is 0 Å². The Morgan fingerprint density at radius 3 is 2.93 bits per heavy atom. The van der Waals surface area contributed by atoms with Crippen LogP contribution in [0.5, 0.6) is 0 Å². The highest BCUT2D eigenvalue weighted by atomic mass is 16.3. The zero-order valence-electron chi connectivity index (χ0n) is 16.2. The van der Waals surface area contributed by atoms with E-state index in [0.717, 1.165) is 11.0 Å². The van der Waals surface area contributed by atoms with E-state index in [0.29, 0.717) is 28.4 Å². The molecule has 0 aliphatic rings. The molecule has 0 radical (unpaired) electrons. The molecule has 0 saturated carbocycles. The van der Waals surface area contributed by atoms with E-state index in [1.54, 1.807) is 18.5 Å². The van der Waals surface area contributed by atoms with Crippen LogP contribution in [0.2, 0.25) is 0 Å². The minimum atomic E-state index is -0.336. The van der Waals surface area contributed by atoms with Crippen LogP contribution < -0.4 is 10.5 Å². The van der Waals surface area contributed by atoms with Crippen LogP contribution in [0.4, 0.5) is 5.82 Å². The average Bonchev–Trinajstić information content (AvgIpc) is 3.38. The summed E-state index contributed by atoms with van der Waals surface area (Å²) in [5.74, 6) is 1.18. The Kier molecular flexibility index (Phi) is 4.51. The lowest BCUT2D eigenvalue weighted by Crippen LogP contribution is -2.33. The molecule has 9 heteroatoms. The molecule has 0 aliphatic carbocycles. The Bertz CT molecular complexity index is 1300. The van der Waals surface area contributed by atoms with Crippen LogP contribution in [0.1, 0.15) is 24.4 Å². The van der Waals surface area contributed by atoms with Crippen molar-refractivity contribution in [2.24, 2.45) is 0 Å². The summed E-state index contributed by atoms with van der Waals surface area (Å²) >= 11 is 0. The standard InChI is InChI=1S/C20H21N7O2/c1-5-12(2)27-18(24-26-9-7-14(10-28)16(26)20(27)29)13(3)25(4)19-15-6-8-21-17(15)22-11-23-19/h5-9,11,13,28H,1-2,10H2,3-4H3,(H,21,22,23). The van der Waals surface area contributed by atoms with Gasteiger partial charge in [-0.3, -0.25) is 9.36 Å². The van der Waals surface area contributed by atoms with Crippen molar-refractivity contribution in [3.8, 4) is 0 Å². The maximum Gasteiger partial charge on any atom is 0.282 e. The monoisotopic (exact) mass is 391 g/mol. The molecule has 4 aromatic heterocycles. The zero-order valence-corrected chi connectivity index (χ0v) is 16.2. The van der Waals surface area contributed by atoms with E-state index in [2.05, 4.69) is 33.2 Å². The van der Waals surface area contributed by atoms with Gasteiger partial charge in [0.15, 0.2) is 5.82 Å². The van der Waals surface area contributed by atoms with Crippen LogP contribution in [0.25, 0.3) is 22.2 Å². The average molecular weight is 391 g/mol. The Morgan fingerprint density at radius 2 is 2.21 bits per heavy atom. The van der Waals surface area contributed by atoms with E-state index in [1.165, 1.54) is 21.5 Å². The second kappa shape index (κ2) is 7.02. The highest BCUT2D eigenvalue weighted by Gasteiger charge is 2.24. The second-order valence-corrected chi connectivity index (χ2v) is 6.71. The number of H-pyrrole nitrogens is 1. The first-order valence-electron chi connectivity index (χ1n) is 9.04. The van der Waals surface area contributed by atoms with Crippen molar-refractivity contribution in [3.05, 3.63) is 71.8 Å². The number of aromatic nitrogens is 6. The number of rotatable bonds is 6. The SMILES string of the molecule is C=CC(=C)n1c(C(C)N(C)c2ncnc3[nH]ccc23)nn2ccc(CO)c2c1=O. The summed E-state index contributed by atoms with van der Waals surface area (Å²) in [7, 11) is 1.88. The highest BCUT2D eigenvalue weighted by molar-refractivity contribution is 5.87. The van der Waals surface area contributed by atoms with E-state index < -0.39 is 0 Å². The van der Waals surface area contributed by atoms with Crippen molar-refractivity contribution in [2.45, 2.75) is 19.6 Å². The van der Waals surface area contributed by atoms with E-state index >= 15 is 0 Å². The number of nitrogens with one attached hydrogen (secondary N) is 1. The minimum absolute atomic E-state index is 0.255. The fourth-order valence-corrected chi connectivity index (χ4v) is 3.41. The Hall–Kier alpha value is -3.72. The van der Waals surface area contributed by atoms with Gasteiger partial charge in [0.05, 0.1) is 18.0 Å². The minimum Gasteiger partial charge on any atom is -0.392 e. The lowest BCUT2D eigenvalue weighted by atomic mass is 10.2. The lowest BCUT2D eigenvalue weighted by Gasteiger charge is -2.27. The van der Waals surface area contributed by atoms with Crippen LogP contribution >= 0.6 is 0 Å². The summed E-state index contributed by atoms with van der Waals surface area (Å²) < 4.78 is 2.92. The van der Waals surface area contributed by atoms with Gasteiger partial charge in [-0.15, -0.1) is 0 Å². The number of hydrogen-bond acceptors (Lipinski definition) is 6. The van der Waals surface area contributed by atoms with Crippen molar-refractivity contribution in [1.82, 2.24) is 29.1 Å². The number of hydrogen-bond donors (Lipinski definition) is 2. The molecule has 148 valence electrons. The van der Waals surface area contributed by atoms with E-state index in [9.17, 15) is 9.90 Å². The van der Waals surface area contributed by atoms with Gasteiger partial charge >= 0.3 is 0 Å². The summed E-state index contributed by atoms with van der Waals surface area (Å²) in [5, 5.41) is 15.1. The van der Waals surface area contributed by atoms with E-state index in [4.69, 9.17) is 0 Å². The summed E-state index contributed by atoms with van der Waals surface area (Å²) in [6.07, 6.45) is 6.46. The molecule has 2 N–H and O–H groups in total. The van der Waals surface area contributed by atoms with Crippen molar-refractivity contribution >= 4 is 28.1 Å². The summed E-state index contributed by atoms with van der Waals surface area (Å²) in [6.45, 7) is 9.37. The van der Waals surface area contributed by atoms with Crippen LogP contribution in [0, 0.1) is 0 Å². The fraction of sp³-hybridized carbons (Fsp3) is 0.200. The molecule has 0 saturated heterocycles. The van der Waals surface area contributed by atoms with Crippen molar-refractivity contribution in [3.63, 3.8) is 0 Å². The van der Waals surface area contributed by atoms with Gasteiger partial charge in [-0.1, -0.05) is 13.2 Å². The van der Waals surface area contributed by atoms with Gasteiger partial charge in [-0.25, -0.2) is 14.5 Å². The first-order chi connectivity index (χ1) is 14.0. The van der Waals surface area contributed by atoms with Crippen molar-refractivity contribution < 1.29 is 5.11 Å². The van der Waals surface area contributed by atoms with Gasteiger partial charge < -0.3 is 15.0 Å². The lowest BCUT2D eigenvalue weighted by molar-refractivity contribution is 0.283. The third-order valence-corrected chi connectivity index (χ3v) is 5.11. The molecule has 0 amide bonds. The van der Waals surface area contributed by atoms with Gasteiger partial charge in [-0.2, -0.15) is 5.10 Å². The maximum atomic E-state index is 13.3. The molecule has 0 fully saturated rings. The highest BCUT2D eigenvalue weighted by Crippen LogP contribution is 2.28. The molecular formula is C20H21N7O2. The Balaban J connectivity index is 1.92. The largest absolute Gasteiger partial charge is 0.392 e.